The molecular weight excluding hydrogens is 200 g/mol. The molecule has 1 aromatic rings. The van der Waals surface area contributed by atoms with Gasteiger partial charge in [0, 0.05) is 13.0 Å². The van der Waals surface area contributed by atoms with Gasteiger partial charge in [-0.05, 0) is 12.1 Å². The first-order valence-electron chi connectivity index (χ1n) is 4.37. The number of hydrogen-bond donors (Lipinski definition) is 1. The lowest BCUT2D eigenvalue weighted by Crippen LogP contribution is -2.48. The highest BCUT2D eigenvalue weighted by molar-refractivity contribution is 7.80. The van der Waals surface area contributed by atoms with E-state index in [1.807, 2.05) is 12.1 Å². The fourth-order valence-corrected chi connectivity index (χ4v) is 1.52. The summed E-state index contributed by atoms with van der Waals surface area (Å²) in [5, 5.41) is 2.62. The Morgan fingerprint density at radius 3 is 3.14 bits per heavy atom. The quantitative estimate of drug-likeness (QED) is 0.753. The number of amides is 2. The van der Waals surface area contributed by atoms with Gasteiger partial charge in [0.25, 0.3) is 0 Å². The van der Waals surface area contributed by atoms with Crippen molar-refractivity contribution >= 4 is 23.2 Å². The van der Waals surface area contributed by atoms with Gasteiger partial charge in [0.2, 0.25) is 0 Å². The van der Waals surface area contributed by atoms with Crippen LogP contribution in [0.25, 0.3) is 0 Å². The minimum Gasteiger partial charge on any atom is -0.467 e. The molecule has 1 aliphatic heterocycles. The first-order valence-corrected chi connectivity index (χ1v) is 4.77. The van der Waals surface area contributed by atoms with Gasteiger partial charge in [-0.2, -0.15) is 0 Å². The molecule has 14 heavy (non-hydrogen) atoms. The van der Waals surface area contributed by atoms with E-state index < -0.39 is 0 Å². The van der Waals surface area contributed by atoms with Crippen molar-refractivity contribution in [3.8, 4) is 0 Å². The van der Waals surface area contributed by atoms with Crippen LogP contribution in [-0.2, 0) is 6.54 Å². The van der Waals surface area contributed by atoms with Crippen LogP contribution in [0, 0.1) is 0 Å². The number of urea groups is 1. The highest BCUT2D eigenvalue weighted by atomic mass is 32.1. The molecule has 1 N–H and O–H groups in total. The van der Waals surface area contributed by atoms with Crippen LogP contribution in [0.2, 0.25) is 0 Å². The highest BCUT2D eigenvalue weighted by Crippen LogP contribution is 2.09. The zero-order valence-electron chi connectivity index (χ0n) is 7.53. The predicted octanol–water partition coefficient (Wildman–Crippen LogP) is 1.52. The predicted molar refractivity (Wildman–Crippen MR) is 54.9 cm³/mol. The van der Waals surface area contributed by atoms with Crippen LogP contribution in [0.15, 0.2) is 22.8 Å². The van der Waals surface area contributed by atoms with Gasteiger partial charge in [-0.25, -0.2) is 4.79 Å². The van der Waals surface area contributed by atoms with Crippen LogP contribution in [-0.4, -0.2) is 22.5 Å². The van der Waals surface area contributed by atoms with E-state index in [1.54, 1.807) is 11.2 Å². The maximum atomic E-state index is 11.4. The van der Waals surface area contributed by atoms with Gasteiger partial charge in [0.1, 0.15) is 5.76 Å². The number of rotatable bonds is 2. The van der Waals surface area contributed by atoms with Crippen LogP contribution in [0.3, 0.4) is 0 Å². The van der Waals surface area contributed by atoms with Crippen molar-refractivity contribution < 1.29 is 9.21 Å². The lowest BCUT2D eigenvalue weighted by molar-refractivity contribution is 0.192. The first-order chi connectivity index (χ1) is 6.75. The molecular formula is C9H10N2O2S. The number of carbonyl (C=O) groups is 1. The minimum atomic E-state index is -0.141. The van der Waals surface area contributed by atoms with Crippen molar-refractivity contribution in [3.63, 3.8) is 0 Å². The molecule has 0 radical (unpaired) electrons. The van der Waals surface area contributed by atoms with Crippen LogP contribution < -0.4 is 5.32 Å². The fraction of sp³-hybridized carbons (Fsp3) is 0.333. The Morgan fingerprint density at radius 1 is 1.64 bits per heavy atom. The Kier molecular flexibility index (Phi) is 2.49. The van der Waals surface area contributed by atoms with Gasteiger partial charge < -0.3 is 14.6 Å². The van der Waals surface area contributed by atoms with E-state index in [0.29, 0.717) is 18.1 Å². The number of furan rings is 1. The maximum absolute atomic E-state index is 11.4. The molecule has 1 fully saturated rings. The Labute approximate surface area is 86.9 Å². The lowest BCUT2D eigenvalue weighted by atomic mass is 10.3. The number of nitrogens with zero attached hydrogens (tertiary/aromatic N) is 1. The van der Waals surface area contributed by atoms with Crippen molar-refractivity contribution in [2.75, 3.05) is 6.54 Å². The second kappa shape index (κ2) is 3.79. The van der Waals surface area contributed by atoms with Gasteiger partial charge >= 0.3 is 6.03 Å². The van der Waals surface area contributed by atoms with E-state index in [1.165, 1.54) is 0 Å². The molecule has 0 aliphatic carbocycles. The average Bonchev–Trinajstić information content (AvgIpc) is 2.62. The topological polar surface area (TPSA) is 45.5 Å². The molecule has 0 atom stereocenters. The van der Waals surface area contributed by atoms with Crippen molar-refractivity contribution in [1.82, 2.24) is 10.2 Å². The van der Waals surface area contributed by atoms with Crippen LogP contribution >= 0.6 is 12.2 Å². The third-order valence-corrected chi connectivity index (χ3v) is 2.38. The SMILES string of the molecule is O=C1NC(=S)CCN1Cc1ccco1. The van der Waals surface area contributed by atoms with Gasteiger partial charge in [-0.1, -0.05) is 12.2 Å². The van der Waals surface area contributed by atoms with Gasteiger partial charge in [-0.3, -0.25) is 0 Å². The Balaban J connectivity index is 1.99. The van der Waals surface area contributed by atoms with Crippen molar-refractivity contribution in [3.05, 3.63) is 24.2 Å². The molecule has 2 amide bonds. The maximum Gasteiger partial charge on any atom is 0.322 e. The van der Waals surface area contributed by atoms with Crippen molar-refractivity contribution in [1.29, 1.82) is 0 Å². The lowest BCUT2D eigenvalue weighted by Gasteiger charge is -2.26. The molecule has 74 valence electrons. The normalized spacial score (nSPS) is 17.0. The van der Waals surface area contributed by atoms with Gasteiger partial charge in [-0.15, -0.1) is 0 Å². The molecule has 0 aromatic carbocycles. The van der Waals surface area contributed by atoms with Gasteiger partial charge in [0.05, 0.1) is 17.8 Å². The summed E-state index contributed by atoms with van der Waals surface area (Å²) in [6, 6.07) is 3.51. The molecule has 5 heteroatoms. The number of hydrogen-bond acceptors (Lipinski definition) is 3. The van der Waals surface area contributed by atoms with Crippen LogP contribution in [0.5, 0.6) is 0 Å². The molecule has 2 heterocycles. The first kappa shape index (κ1) is 9.21. The summed E-state index contributed by atoms with van der Waals surface area (Å²) in [5.74, 6) is 0.785. The molecule has 1 saturated heterocycles. The summed E-state index contributed by atoms with van der Waals surface area (Å²) in [6.45, 7) is 1.16. The summed E-state index contributed by atoms with van der Waals surface area (Å²) in [6.07, 6.45) is 2.32. The summed E-state index contributed by atoms with van der Waals surface area (Å²) in [7, 11) is 0. The second-order valence-electron chi connectivity index (χ2n) is 3.10. The third kappa shape index (κ3) is 1.93. The van der Waals surface area contributed by atoms with E-state index in [2.05, 4.69) is 5.32 Å². The van der Waals surface area contributed by atoms with Crippen molar-refractivity contribution in [2.45, 2.75) is 13.0 Å². The number of thiocarbonyl (C=S) groups is 1. The summed E-state index contributed by atoms with van der Waals surface area (Å²) < 4.78 is 5.16. The van der Waals surface area contributed by atoms with Crippen molar-refractivity contribution in [2.24, 2.45) is 0 Å². The Morgan fingerprint density at radius 2 is 2.50 bits per heavy atom. The molecule has 0 spiro atoms. The molecule has 2 rings (SSSR count). The number of nitrogens with one attached hydrogen (secondary N) is 1. The third-order valence-electron chi connectivity index (χ3n) is 2.07. The summed E-state index contributed by atoms with van der Waals surface area (Å²) in [4.78, 5) is 13.7. The zero-order valence-corrected chi connectivity index (χ0v) is 8.34. The molecule has 0 unspecified atom stereocenters. The van der Waals surface area contributed by atoms with Crippen LogP contribution in [0.4, 0.5) is 4.79 Å². The second-order valence-corrected chi connectivity index (χ2v) is 3.60. The summed E-state index contributed by atoms with van der Waals surface area (Å²) >= 11 is 4.90. The Hall–Kier alpha value is -1.36. The van der Waals surface area contributed by atoms with E-state index in [9.17, 15) is 4.79 Å². The molecule has 1 aromatic heterocycles. The van der Waals surface area contributed by atoms with E-state index in [-0.39, 0.29) is 6.03 Å². The molecule has 1 aliphatic rings. The van der Waals surface area contributed by atoms with E-state index in [0.717, 1.165) is 12.2 Å². The summed E-state index contributed by atoms with van der Waals surface area (Å²) in [5.41, 5.74) is 0. The Bertz CT molecular complexity index is 348. The molecule has 0 bridgehead atoms. The minimum absolute atomic E-state index is 0.141. The average molecular weight is 210 g/mol. The standard InChI is InChI=1S/C9H10N2O2S/c12-9-10-8(14)3-4-11(9)6-7-2-1-5-13-7/h1-2,5H,3-4,6H2,(H,10,12,14). The zero-order chi connectivity index (χ0) is 9.97. The van der Waals surface area contributed by atoms with Gasteiger partial charge in [0.15, 0.2) is 0 Å². The molecule has 0 saturated carbocycles. The van der Waals surface area contributed by atoms with E-state index >= 15 is 0 Å². The number of carbonyl (C=O) groups excluding carboxylic acids is 1. The highest BCUT2D eigenvalue weighted by Gasteiger charge is 2.21. The monoisotopic (exact) mass is 210 g/mol. The van der Waals surface area contributed by atoms with Crippen LogP contribution in [0.1, 0.15) is 12.2 Å². The fourth-order valence-electron chi connectivity index (χ4n) is 1.34. The largest absolute Gasteiger partial charge is 0.467 e. The smallest absolute Gasteiger partial charge is 0.322 e. The van der Waals surface area contributed by atoms with E-state index in [4.69, 9.17) is 16.6 Å². The molecule has 4 nitrogen and oxygen atoms in total.